The molecule has 0 amide bonds. The van der Waals surface area contributed by atoms with E-state index in [1.54, 1.807) is 11.3 Å². The monoisotopic (exact) mass is 324 g/mol. The third kappa shape index (κ3) is 3.04. The van der Waals surface area contributed by atoms with Crippen molar-refractivity contribution in [2.75, 3.05) is 30.3 Å². The van der Waals surface area contributed by atoms with E-state index in [-0.39, 0.29) is 6.61 Å². The molecule has 3 N–H and O–H groups in total. The molecule has 1 aliphatic heterocycles. The summed E-state index contributed by atoms with van der Waals surface area (Å²) in [6, 6.07) is 0. The molecule has 2 aromatic rings. The van der Waals surface area contributed by atoms with Crippen molar-refractivity contribution in [3.8, 4) is 10.6 Å². The first kappa shape index (κ1) is 14.7. The van der Waals surface area contributed by atoms with Crippen molar-refractivity contribution < 1.29 is 5.11 Å². The topological polar surface area (TPSA) is 75.3 Å². The minimum absolute atomic E-state index is 0.266. The van der Waals surface area contributed by atoms with Crippen molar-refractivity contribution in [1.29, 1.82) is 0 Å². The molecule has 1 aliphatic rings. The third-order valence-corrected chi connectivity index (χ3v) is 5.78. The predicted octanol–water partition coefficient (Wildman–Crippen LogP) is 2.76. The highest BCUT2D eigenvalue weighted by Gasteiger charge is 2.26. The van der Waals surface area contributed by atoms with Crippen molar-refractivity contribution >= 4 is 33.7 Å². The SMILES string of the molecule is Cc1csc(-c2c(N)nsc2N2CCCC(CCO)C2)n1. The molecule has 1 saturated heterocycles. The van der Waals surface area contributed by atoms with Crippen LogP contribution in [0, 0.1) is 12.8 Å². The number of hydrogen-bond donors (Lipinski definition) is 2. The molecular formula is C14H20N4OS2. The van der Waals surface area contributed by atoms with E-state index < -0.39 is 0 Å². The minimum atomic E-state index is 0.266. The zero-order chi connectivity index (χ0) is 14.8. The number of anilines is 2. The van der Waals surface area contributed by atoms with E-state index in [0.717, 1.165) is 47.2 Å². The molecule has 3 rings (SSSR count). The van der Waals surface area contributed by atoms with E-state index in [9.17, 15) is 0 Å². The lowest BCUT2D eigenvalue weighted by Gasteiger charge is -2.33. The van der Waals surface area contributed by atoms with E-state index in [4.69, 9.17) is 10.8 Å². The Hall–Kier alpha value is -1.18. The molecule has 0 spiro atoms. The van der Waals surface area contributed by atoms with Crippen molar-refractivity contribution in [2.45, 2.75) is 26.2 Å². The quantitative estimate of drug-likeness (QED) is 0.904. The Bertz CT molecular complexity index is 608. The lowest BCUT2D eigenvalue weighted by Crippen LogP contribution is -2.35. The second-order valence-electron chi connectivity index (χ2n) is 5.51. The zero-order valence-electron chi connectivity index (χ0n) is 12.1. The summed E-state index contributed by atoms with van der Waals surface area (Å²) in [5.74, 6) is 1.13. The molecule has 3 heterocycles. The van der Waals surface area contributed by atoms with Gasteiger partial charge in [-0.15, -0.1) is 11.3 Å². The first-order valence-corrected chi connectivity index (χ1v) is 8.87. The summed E-state index contributed by atoms with van der Waals surface area (Å²) in [4.78, 5) is 6.93. The highest BCUT2D eigenvalue weighted by Crippen LogP contribution is 2.42. The summed E-state index contributed by atoms with van der Waals surface area (Å²) in [5, 5.41) is 13.3. The normalized spacial score (nSPS) is 19.1. The Morgan fingerprint density at radius 1 is 1.52 bits per heavy atom. The molecule has 114 valence electrons. The minimum Gasteiger partial charge on any atom is -0.396 e. The number of nitrogen functional groups attached to an aromatic ring is 1. The van der Waals surface area contributed by atoms with Crippen LogP contribution in [0.5, 0.6) is 0 Å². The van der Waals surface area contributed by atoms with Gasteiger partial charge in [-0.3, -0.25) is 0 Å². The Kier molecular flexibility index (Phi) is 4.42. The molecule has 0 aliphatic carbocycles. The first-order valence-electron chi connectivity index (χ1n) is 7.22. The molecule has 21 heavy (non-hydrogen) atoms. The summed E-state index contributed by atoms with van der Waals surface area (Å²) in [5.41, 5.74) is 8.09. The van der Waals surface area contributed by atoms with E-state index in [1.165, 1.54) is 18.0 Å². The third-order valence-electron chi connectivity index (χ3n) is 3.88. The van der Waals surface area contributed by atoms with Gasteiger partial charge in [0.15, 0.2) is 0 Å². The number of aryl methyl sites for hydroxylation is 1. The summed E-state index contributed by atoms with van der Waals surface area (Å²) in [6.45, 7) is 4.26. The zero-order valence-corrected chi connectivity index (χ0v) is 13.7. The number of aliphatic hydroxyl groups excluding tert-OH is 1. The van der Waals surface area contributed by atoms with E-state index in [1.807, 2.05) is 12.3 Å². The van der Waals surface area contributed by atoms with Crippen molar-refractivity contribution in [3.05, 3.63) is 11.1 Å². The average Bonchev–Trinajstić information content (AvgIpc) is 3.05. The molecule has 1 atom stereocenters. The van der Waals surface area contributed by atoms with Crippen LogP contribution in [0.3, 0.4) is 0 Å². The fourth-order valence-corrected chi connectivity index (χ4v) is 4.61. The van der Waals surface area contributed by atoms with Gasteiger partial charge in [-0.25, -0.2) is 4.98 Å². The Morgan fingerprint density at radius 2 is 2.38 bits per heavy atom. The number of aliphatic hydroxyl groups is 1. The average molecular weight is 324 g/mol. The standard InChI is InChI=1S/C14H20N4OS2/c1-9-8-20-13(16-9)11-12(15)17-21-14(11)18-5-2-3-10(7-18)4-6-19/h8,10,19H,2-7H2,1H3,(H2,15,17). The number of piperidine rings is 1. The van der Waals surface area contributed by atoms with Gasteiger partial charge < -0.3 is 15.7 Å². The van der Waals surface area contributed by atoms with Crippen molar-refractivity contribution in [2.24, 2.45) is 5.92 Å². The smallest absolute Gasteiger partial charge is 0.149 e. The van der Waals surface area contributed by atoms with Gasteiger partial charge >= 0.3 is 0 Å². The fourth-order valence-electron chi connectivity index (χ4n) is 2.85. The molecule has 0 aromatic carbocycles. The van der Waals surface area contributed by atoms with Crippen LogP contribution in [0.2, 0.25) is 0 Å². The van der Waals surface area contributed by atoms with Gasteiger partial charge in [-0.05, 0) is 43.6 Å². The van der Waals surface area contributed by atoms with Gasteiger partial charge in [0.1, 0.15) is 15.8 Å². The first-order chi connectivity index (χ1) is 10.2. The molecule has 0 saturated carbocycles. The van der Waals surface area contributed by atoms with Crippen LogP contribution in [-0.4, -0.2) is 34.2 Å². The van der Waals surface area contributed by atoms with Crippen LogP contribution in [0.1, 0.15) is 25.0 Å². The lowest BCUT2D eigenvalue weighted by molar-refractivity contribution is 0.244. The van der Waals surface area contributed by atoms with Gasteiger partial charge in [0.05, 0.1) is 5.56 Å². The van der Waals surface area contributed by atoms with Crippen LogP contribution in [0.4, 0.5) is 10.8 Å². The summed E-state index contributed by atoms with van der Waals surface area (Å²) in [7, 11) is 0. The van der Waals surface area contributed by atoms with Crippen LogP contribution < -0.4 is 10.6 Å². The van der Waals surface area contributed by atoms with E-state index in [2.05, 4.69) is 14.3 Å². The summed E-state index contributed by atoms with van der Waals surface area (Å²) < 4.78 is 4.34. The number of nitrogens with zero attached hydrogens (tertiary/aromatic N) is 3. The maximum absolute atomic E-state index is 9.16. The van der Waals surface area contributed by atoms with E-state index in [0.29, 0.717) is 11.7 Å². The Morgan fingerprint density at radius 3 is 3.10 bits per heavy atom. The number of nitrogens with two attached hydrogens (primary N) is 1. The molecule has 7 heteroatoms. The Labute approximate surface area is 132 Å². The molecule has 1 fully saturated rings. The molecule has 1 unspecified atom stereocenters. The highest BCUT2D eigenvalue weighted by atomic mass is 32.1. The van der Waals surface area contributed by atoms with Crippen molar-refractivity contribution in [3.63, 3.8) is 0 Å². The number of rotatable bonds is 4. The van der Waals surface area contributed by atoms with Crippen LogP contribution in [0.25, 0.3) is 10.6 Å². The molecule has 5 nitrogen and oxygen atoms in total. The molecular weight excluding hydrogens is 304 g/mol. The van der Waals surface area contributed by atoms with Gasteiger partial charge in [-0.2, -0.15) is 4.37 Å². The van der Waals surface area contributed by atoms with Gasteiger partial charge in [0.25, 0.3) is 0 Å². The predicted molar refractivity (Wildman–Crippen MR) is 89.0 cm³/mol. The highest BCUT2D eigenvalue weighted by molar-refractivity contribution is 7.15. The number of hydrogen-bond acceptors (Lipinski definition) is 7. The van der Waals surface area contributed by atoms with E-state index >= 15 is 0 Å². The van der Waals surface area contributed by atoms with Gasteiger partial charge in [0.2, 0.25) is 0 Å². The molecule has 2 aromatic heterocycles. The number of aromatic nitrogens is 2. The molecule has 0 bridgehead atoms. The second-order valence-corrected chi connectivity index (χ2v) is 7.12. The van der Waals surface area contributed by atoms with Crippen molar-refractivity contribution in [1.82, 2.24) is 9.36 Å². The Balaban J connectivity index is 1.89. The lowest BCUT2D eigenvalue weighted by atomic mass is 9.95. The maximum atomic E-state index is 9.16. The summed E-state index contributed by atoms with van der Waals surface area (Å²) in [6.07, 6.45) is 3.21. The largest absolute Gasteiger partial charge is 0.396 e. The van der Waals surface area contributed by atoms with Gasteiger partial charge in [0, 0.05) is 30.8 Å². The second kappa shape index (κ2) is 6.29. The fraction of sp³-hybridized carbons (Fsp3) is 0.571. The van der Waals surface area contributed by atoms with Crippen LogP contribution in [-0.2, 0) is 0 Å². The van der Waals surface area contributed by atoms with Gasteiger partial charge in [-0.1, -0.05) is 0 Å². The summed E-state index contributed by atoms with van der Waals surface area (Å²) >= 11 is 3.08. The van der Waals surface area contributed by atoms with Crippen LogP contribution >= 0.6 is 22.9 Å². The molecule has 0 radical (unpaired) electrons. The van der Waals surface area contributed by atoms with Crippen LogP contribution in [0.15, 0.2) is 5.38 Å². The maximum Gasteiger partial charge on any atom is 0.149 e. The number of thiazole rings is 1.